The molecule has 2 N–H and O–H groups in total. The zero-order valence-corrected chi connectivity index (χ0v) is 10.7. The fraction of sp³-hybridized carbons (Fsp3) is 0.417. The van der Waals surface area contributed by atoms with Crippen molar-refractivity contribution < 1.29 is 8.42 Å². The summed E-state index contributed by atoms with van der Waals surface area (Å²) in [6, 6.07) is 5.47. The molecule has 96 valence electrons. The van der Waals surface area contributed by atoms with E-state index in [9.17, 15) is 8.42 Å². The molecule has 0 radical (unpaired) electrons. The maximum Gasteiger partial charge on any atom is 0.160 e. The van der Waals surface area contributed by atoms with Crippen molar-refractivity contribution in [2.45, 2.75) is 24.5 Å². The first-order chi connectivity index (χ1) is 8.59. The number of anilines is 1. The van der Waals surface area contributed by atoms with Crippen LogP contribution in [-0.2, 0) is 9.84 Å². The van der Waals surface area contributed by atoms with Gasteiger partial charge in [0, 0.05) is 0 Å². The molecule has 0 amide bonds. The van der Waals surface area contributed by atoms with Gasteiger partial charge in [-0.2, -0.15) is 0 Å². The van der Waals surface area contributed by atoms with Crippen LogP contribution in [0.1, 0.15) is 30.3 Å². The highest BCUT2D eigenvalue weighted by atomic mass is 32.2. The SMILES string of the molecule is Nc1cccc2cnc(C3CCCCS3(=O)=O)n12. The van der Waals surface area contributed by atoms with E-state index in [4.69, 9.17) is 5.73 Å². The number of sulfone groups is 1. The Labute approximate surface area is 106 Å². The highest BCUT2D eigenvalue weighted by molar-refractivity contribution is 7.91. The number of imidazole rings is 1. The van der Waals surface area contributed by atoms with E-state index in [0.29, 0.717) is 18.1 Å². The molecule has 1 atom stereocenters. The number of pyridine rings is 1. The molecule has 1 unspecified atom stereocenters. The Balaban J connectivity index is 2.20. The number of fused-ring (bicyclic) bond motifs is 1. The molecule has 5 nitrogen and oxygen atoms in total. The minimum Gasteiger partial charge on any atom is -0.385 e. The molecule has 18 heavy (non-hydrogen) atoms. The van der Waals surface area contributed by atoms with Gasteiger partial charge < -0.3 is 5.73 Å². The largest absolute Gasteiger partial charge is 0.385 e. The maximum absolute atomic E-state index is 12.1. The van der Waals surface area contributed by atoms with Gasteiger partial charge in [0.05, 0.1) is 17.5 Å². The van der Waals surface area contributed by atoms with E-state index in [0.717, 1.165) is 18.4 Å². The summed E-state index contributed by atoms with van der Waals surface area (Å²) in [6.07, 6.45) is 3.98. The molecule has 1 fully saturated rings. The van der Waals surface area contributed by atoms with Gasteiger partial charge in [-0.15, -0.1) is 0 Å². The first-order valence-corrected chi connectivity index (χ1v) is 7.74. The van der Waals surface area contributed by atoms with E-state index in [1.165, 1.54) is 0 Å². The molecule has 2 aromatic heterocycles. The average molecular weight is 265 g/mol. The van der Waals surface area contributed by atoms with Crippen molar-refractivity contribution in [3.63, 3.8) is 0 Å². The molecular formula is C12H15N3O2S. The molecule has 3 rings (SSSR count). The van der Waals surface area contributed by atoms with Crippen molar-refractivity contribution in [2.24, 2.45) is 0 Å². The van der Waals surface area contributed by atoms with Crippen molar-refractivity contribution >= 4 is 21.2 Å². The molecule has 6 heteroatoms. The number of hydrogen-bond donors (Lipinski definition) is 1. The Hall–Kier alpha value is -1.56. The Morgan fingerprint density at radius 2 is 2.17 bits per heavy atom. The van der Waals surface area contributed by atoms with Crippen LogP contribution in [0.4, 0.5) is 5.82 Å². The van der Waals surface area contributed by atoms with Crippen LogP contribution in [0.2, 0.25) is 0 Å². The van der Waals surface area contributed by atoms with Gasteiger partial charge in [-0.05, 0) is 25.0 Å². The van der Waals surface area contributed by atoms with Gasteiger partial charge in [0.2, 0.25) is 0 Å². The molecule has 0 aromatic carbocycles. The van der Waals surface area contributed by atoms with Crippen molar-refractivity contribution in [2.75, 3.05) is 11.5 Å². The summed E-state index contributed by atoms with van der Waals surface area (Å²) in [4.78, 5) is 4.28. The zero-order valence-electron chi connectivity index (χ0n) is 9.91. The van der Waals surface area contributed by atoms with Crippen LogP contribution in [0.5, 0.6) is 0 Å². The first kappa shape index (κ1) is 11.5. The summed E-state index contributed by atoms with van der Waals surface area (Å²) < 4.78 is 26.0. The molecular weight excluding hydrogens is 250 g/mol. The fourth-order valence-corrected chi connectivity index (χ4v) is 4.47. The third-order valence-electron chi connectivity index (χ3n) is 3.48. The summed E-state index contributed by atoms with van der Waals surface area (Å²) >= 11 is 0. The van der Waals surface area contributed by atoms with Crippen LogP contribution < -0.4 is 5.73 Å². The van der Waals surface area contributed by atoms with E-state index in [1.807, 2.05) is 12.1 Å². The Kier molecular flexibility index (Phi) is 2.55. The standard InChI is InChI=1S/C12H15N3O2S/c13-11-6-3-4-9-8-14-12(15(9)11)10-5-1-2-7-18(10,16)17/h3-4,6,8,10H,1-2,5,7,13H2. The predicted octanol–water partition coefficient (Wildman–Crippen LogP) is 1.56. The summed E-state index contributed by atoms with van der Waals surface area (Å²) in [5.41, 5.74) is 6.76. The van der Waals surface area contributed by atoms with Gasteiger partial charge in [-0.25, -0.2) is 13.4 Å². The Morgan fingerprint density at radius 3 is 2.94 bits per heavy atom. The molecule has 2 aromatic rings. The van der Waals surface area contributed by atoms with Crippen LogP contribution >= 0.6 is 0 Å². The van der Waals surface area contributed by atoms with Gasteiger partial charge in [0.15, 0.2) is 9.84 Å². The normalized spacial score (nSPS) is 23.2. The topological polar surface area (TPSA) is 77.5 Å². The quantitative estimate of drug-likeness (QED) is 0.848. The van der Waals surface area contributed by atoms with E-state index in [-0.39, 0.29) is 5.75 Å². The van der Waals surface area contributed by atoms with E-state index in [2.05, 4.69) is 4.98 Å². The van der Waals surface area contributed by atoms with E-state index >= 15 is 0 Å². The highest BCUT2D eigenvalue weighted by Crippen LogP contribution is 2.33. The van der Waals surface area contributed by atoms with Crippen LogP contribution in [0.3, 0.4) is 0 Å². The van der Waals surface area contributed by atoms with Crippen LogP contribution in [0.25, 0.3) is 5.52 Å². The third kappa shape index (κ3) is 1.68. The molecule has 0 spiro atoms. The van der Waals surface area contributed by atoms with Gasteiger partial charge >= 0.3 is 0 Å². The predicted molar refractivity (Wildman–Crippen MR) is 70.0 cm³/mol. The lowest BCUT2D eigenvalue weighted by molar-refractivity contribution is 0.538. The molecule has 0 bridgehead atoms. The van der Waals surface area contributed by atoms with E-state index in [1.54, 1.807) is 16.7 Å². The third-order valence-corrected chi connectivity index (χ3v) is 5.65. The minimum absolute atomic E-state index is 0.249. The van der Waals surface area contributed by atoms with E-state index < -0.39 is 15.1 Å². The van der Waals surface area contributed by atoms with Crippen molar-refractivity contribution in [3.05, 3.63) is 30.2 Å². The molecule has 0 aliphatic carbocycles. The van der Waals surface area contributed by atoms with Gasteiger partial charge in [-0.1, -0.05) is 12.5 Å². The smallest absolute Gasteiger partial charge is 0.160 e. The van der Waals surface area contributed by atoms with Gasteiger partial charge in [-0.3, -0.25) is 4.40 Å². The Bertz CT molecular complexity index is 690. The summed E-state index contributed by atoms with van der Waals surface area (Å²) in [5, 5.41) is -0.515. The van der Waals surface area contributed by atoms with Crippen molar-refractivity contribution in [3.8, 4) is 0 Å². The number of nitrogen functional groups attached to an aromatic ring is 1. The molecule has 3 heterocycles. The summed E-state index contributed by atoms with van der Waals surface area (Å²) in [7, 11) is -3.09. The minimum atomic E-state index is -3.09. The van der Waals surface area contributed by atoms with Crippen LogP contribution in [0.15, 0.2) is 24.4 Å². The van der Waals surface area contributed by atoms with Crippen LogP contribution in [-0.4, -0.2) is 23.6 Å². The number of rotatable bonds is 1. The number of nitrogens with two attached hydrogens (primary N) is 1. The van der Waals surface area contributed by atoms with Crippen molar-refractivity contribution in [1.82, 2.24) is 9.38 Å². The van der Waals surface area contributed by atoms with Crippen molar-refractivity contribution in [1.29, 1.82) is 0 Å². The monoisotopic (exact) mass is 265 g/mol. The summed E-state index contributed by atoms with van der Waals surface area (Å²) in [5.74, 6) is 1.34. The number of nitrogens with zero attached hydrogens (tertiary/aromatic N) is 2. The molecule has 1 saturated heterocycles. The van der Waals surface area contributed by atoms with Gasteiger partial charge in [0.25, 0.3) is 0 Å². The fourth-order valence-electron chi connectivity index (χ4n) is 2.57. The van der Waals surface area contributed by atoms with Gasteiger partial charge in [0.1, 0.15) is 16.9 Å². The summed E-state index contributed by atoms with van der Waals surface area (Å²) in [6.45, 7) is 0. The average Bonchev–Trinajstić information content (AvgIpc) is 2.73. The maximum atomic E-state index is 12.1. The first-order valence-electron chi connectivity index (χ1n) is 6.03. The zero-order chi connectivity index (χ0) is 12.8. The Morgan fingerprint density at radius 1 is 1.33 bits per heavy atom. The number of hydrogen-bond acceptors (Lipinski definition) is 4. The second kappa shape index (κ2) is 3.98. The lowest BCUT2D eigenvalue weighted by Gasteiger charge is -2.21. The van der Waals surface area contributed by atoms with Crippen LogP contribution in [0, 0.1) is 0 Å². The molecule has 0 saturated carbocycles. The lowest BCUT2D eigenvalue weighted by Crippen LogP contribution is -2.23. The lowest BCUT2D eigenvalue weighted by atomic mass is 10.2. The highest BCUT2D eigenvalue weighted by Gasteiger charge is 2.33. The molecule has 1 aliphatic heterocycles. The second-order valence-corrected chi connectivity index (χ2v) is 6.98. The second-order valence-electron chi connectivity index (χ2n) is 4.68. The molecule has 1 aliphatic rings. The number of aromatic nitrogens is 2.